The van der Waals surface area contributed by atoms with Crippen LogP contribution in [0.25, 0.3) is 0 Å². The quantitative estimate of drug-likeness (QED) is 0.917. The van der Waals surface area contributed by atoms with Crippen molar-refractivity contribution in [3.8, 4) is 0 Å². The molecule has 0 aromatic carbocycles. The molecule has 1 fully saturated rings. The molecule has 2 unspecified atom stereocenters. The molecule has 110 valence electrons. The number of nitrogens with one attached hydrogen (secondary N) is 1. The van der Waals surface area contributed by atoms with Gasteiger partial charge in [-0.3, -0.25) is 9.78 Å². The predicted molar refractivity (Wildman–Crippen MR) is 76.0 cm³/mol. The minimum atomic E-state index is -0.542. The molecule has 1 aromatic heterocycles. The molecule has 0 aliphatic carbocycles. The van der Waals surface area contributed by atoms with Gasteiger partial charge in [0.1, 0.15) is 0 Å². The van der Waals surface area contributed by atoms with E-state index in [0.717, 1.165) is 25.6 Å². The van der Waals surface area contributed by atoms with E-state index in [1.165, 1.54) is 12.3 Å². The van der Waals surface area contributed by atoms with Gasteiger partial charge in [0.2, 0.25) is 0 Å². The SMILES string of the molecule is CCNC1CCN(C(=O)c2ccncc2F)CC1CC. The van der Waals surface area contributed by atoms with Gasteiger partial charge in [0.25, 0.3) is 5.91 Å². The highest BCUT2D eigenvalue weighted by molar-refractivity contribution is 5.94. The van der Waals surface area contributed by atoms with Crippen LogP contribution in [0.3, 0.4) is 0 Å². The summed E-state index contributed by atoms with van der Waals surface area (Å²) in [5.74, 6) is -0.338. The normalized spacial score (nSPS) is 22.9. The van der Waals surface area contributed by atoms with Gasteiger partial charge in [-0.2, -0.15) is 0 Å². The number of rotatable bonds is 4. The van der Waals surface area contributed by atoms with Crippen molar-refractivity contribution in [3.05, 3.63) is 29.8 Å². The van der Waals surface area contributed by atoms with E-state index in [4.69, 9.17) is 0 Å². The second-order valence-corrected chi connectivity index (χ2v) is 5.23. The Labute approximate surface area is 119 Å². The van der Waals surface area contributed by atoms with Crippen LogP contribution in [0.5, 0.6) is 0 Å². The summed E-state index contributed by atoms with van der Waals surface area (Å²) in [4.78, 5) is 17.8. The van der Waals surface area contributed by atoms with E-state index in [1.54, 1.807) is 4.90 Å². The van der Waals surface area contributed by atoms with Gasteiger partial charge < -0.3 is 10.2 Å². The number of amides is 1. The molecule has 1 aliphatic heterocycles. The molecule has 1 aromatic rings. The maximum absolute atomic E-state index is 13.6. The van der Waals surface area contributed by atoms with Crippen LogP contribution < -0.4 is 5.32 Å². The van der Waals surface area contributed by atoms with Crippen molar-refractivity contribution in [3.63, 3.8) is 0 Å². The third-order valence-corrected chi connectivity index (χ3v) is 4.01. The summed E-state index contributed by atoms with van der Waals surface area (Å²) in [6.45, 7) is 6.53. The number of hydrogen-bond donors (Lipinski definition) is 1. The first-order chi connectivity index (χ1) is 9.67. The zero-order chi connectivity index (χ0) is 14.5. The minimum absolute atomic E-state index is 0.122. The van der Waals surface area contributed by atoms with E-state index < -0.39 is 5.82 Å². The Morgan fingerprint density at radius 2 is 2.35 bits per heavy atom. The number of piperidine rings is 1. The largest absolute Gasteiger partial charge is 0.338 e. The third kappa shape index (κ3) is 3.15. The Kier molecular flexibility index (Phi) is 5.06. The molecule has 2 rings (SSSR count). The van der Waals surface area contributed by atoms with E-state index in [-0.39, 0.29) is 11.5 Å². The van der Waals surface area contributed by atoms with Crippen molar-refractivity contribution in [2.75, 3.05) is 19.6 Å². The van der Waals surface area contributed by atoms with E-state index >= 15 is 0 Å². The fourth-order valence-electron chi connectivity index (χ4n) is 2.88. The van der Waals surface area contributed by atoms with Gasteiger partial charge in [-0.1, -0.05) is 20.3 Å². The number of carbonyl (C=O) groups is 1. The van der Waals surface area contributed by atoms with Gasteiger partial charge in [-0.05, 0) is 24.9 Å². The Bertz CT molecular complexity index is 466. The van der Waals surface area contributed by atoms with Crippen molar-refractivity contribution in [2.45, 2.75) is 32.7 Å². The molecule has 1 amide bonds. The Morgan fingerprint density at radius 1 is 1.55 bits per heavy atom. The van der Waals surface area contributed by atoms with Gasteiger partial charge in [0, 0.05) is 25.3 Å². The Balaban J connectivity index is 2.07. The zero-order valence-corrected chi connectivity index (χ0v) is 12.1. The number of halogens is 1. The van der Waals surface area contributed by atoms with E-state index in [0.29, 0.717) is 25.0 Å². The summed E-state index contributed by atoms with van der Waals surface area (Å²) in [6.07, 6.45) is 4.49. The van der Waals surface area contributed by atoms with E-state index in [2.05, 4.69) is 24.1 Å². The third-order valence-electron chi connectivity index (χ3n) is 4.01. The Morgan fingerprint density at radius 3 is 3.00 bits per heavy atom. The van der Waals surface area contributed by atoms with Gasteiger partial charge in [-0.25, -0.2) is 4.39 Å². The number of aromatic nitrogens is 1. The summed E-state index contributed by atoms with van der Waals surface area (Å²) < 4.78 is 13.6. The maximum Gasteiger partial charge on any atom is 0.256 e. The molecule has 0 spiro atoms. The lowest BCUT2D eigenvalue weighted by atomic mass is 9.89. The molecule has 4 nitrogen and oxygen atoms in total. The molecule has 0 saturated carbocycles. The summed E-state index contributed by atoms with van der Waals surface area (Å²) in [7, 11) is 0. The number of likely N-dealkylation sites (tertiary alicyclic amines) is 1. The van der Waals surface area contributed by atoms with Crippen LogP contribution in [0.1, 0.15) is 37.0 Å². The van der Waals surface area contributed by atoms with E-state index in [1.807, 2.05) is 0 Å². The highest BCUT2D eigenvalue weighted by atomic mass is 19.1. The zero-order valence-electron chi connectivity index (χ0n) is 12.1. The summed E-state index contributed by atoms with van der Waals surface area (Å²) >= 11 is 0. The minimum Gasteiger partial charge on any atom is -0.338 e. The molecule has 0 bridgehead atoms. The highest BCUT2D eigenvalue weighted by Crippen LogP contribution is 2.22. The molecule has 2 heterocycles. The molecule has 20 heavy (non-hydrogen) atoms. The topological polar surface area (TPSA) is 45.2 Å². The molecule has 1 N–H and O–H groups in total. The average Bonchev–Trinajstić information content (AvgIpc) is 2.48. The average molecular weight is 279 g/mol. The van der Waals surface area contributed by atoms with E-state index in [9.17, 15) is 9.18 Å². The Hall–Kier alpha value is -1.49. The molecular weight excluding hydrogens is 257 g/mol. The standard InChI is InChI=1S/C15H22FN3O/c1-3-11-10-19(8-6-14(11)18-4-2)15(20)12-5-7-17-9-13(12)16/h5,7,9,11,14,18H,3-4,6,8,10H2,1-2H3. The van der Waals surface area contributed by atoms with Crippen molar-refractivity contribution in [1.29, 1.82) is 0 Å². The van der Waals surface area contributed by atoms with Gasteiger partial charge in [0.15, 0.2) is 5.82 Å². The first kappa shape index (κ1) is 14.9. The predicted octanol–water partition coefficient (Wildman–Crippen LogP) is 2.07. The number of hydrogen-bond acceptors (Lipinski definition) is 3. The molecular formula is C15H22FN3O. The fraction of sp³-hybridized carbons (Fsp3) is 0.600. The number of nitrogens with zero attached hydrogens (tertiary/aromatic N) is 2. The van der Waals surface area contributed by atoms with Gasteiger partial charge >= 0.3 is 0 Å². The van der Waals surface area contributed by atoms with Crippen LogP contribution in [0.2, 0.25) is 0 Å². The lowest BCUT2D eigenvalue weighted by molar-refractivity contribution is 0.0623. The van der Waals surface area contributed by atoms with Crippen LogP contribution in [-0.2, 0) is 0 Å². The monoisotopic (exact) mass is 279 g/mol. The van der Waals surface area contributed by atoms with Crippen LogP contribution >= 0.6 is 0 Å². The van der Waals surface area contributed by atoms with Crippen LogP contribution in [0.4, 0.5) is 4.39 Å². The summed E-state index contributed by atoms with van der Waals surface area (Å²) in [5.41, 5.74) is 0.122. The van der Waals surface area contributed by atoms with Crippen LogP contribution in [0.15, 0.2) is 18.5 Å². The maximum atomic E-state index is 13.6. The van der Waals surface area contributed by atoms with Crippen molar-refractivity contribution < 1.29 is 9.18 Å². The second kappa shape index (κ2) is 6.79. The van der Waals surface area contributed by atoms with Gasteiger partial charge in [0.05, 0.1) is 11.8 Å². The van der Waals surface area contributed by atoms with Gasteiger partial charge in [-0.15, -0.1) is 0 Å². The second-order valence-electron chi connectivity index (χ2n) is 5.23. The molecule has 2 atom stereocenters. The lowest BCUT2D eigenvalue weighted by Crippen LogP contribution is -2.51. The van der Waals surface area contributed by atoms with Crippen molar-refractivity contribution in [1.82, 2.24) is 15.2 Å². The van der Waals surface area contributed by atoms with Crippen LogP contribution in [0, 0.1) is 11.7 Å². The number of pyridine rings is 1. The molecule has 1 aliphatic rings. The fourth-order valence-corrected chi connectivity index (χ4v) is 2.88. The lowest BCUT2D eigenvalue weighted by Gasteiger charge is -2.38. The molecule has 5 heteroatoms. The highest BCUT2D eigenvalue weighted by Gasteiger charge is 2.31. The number of carbonyl (C=O) groups excluding carboxylic acids is 1. The van der Waals surface area contributed by atoms with Crippen LogP contribution in [-0.4, -0.2) is 41.5 Å². The first-order valence-electron chi connectivity index (χ1n) is 7.29. The van der Waals surface area contributed by atoms with Crippen molar-refractivity contribution >= 4 is 5.91 Å². The molecule has 1 saturated heterocycles. The molecule has 0 radical (unpaired) electrons. The first-order valence-corrected chi connectivity index (χ1v) is 7.29. The summed E-state index contributed by atoms with van der Waals surface area (Å²) in [5, 5.41) is 3.47. The summed E-state index contributed by atoms with van der Waals surface area (Å²) in [6, 6.07) is 1.91. The van der Waals surface area contributed by atoms with Crippen molar-refractivity contribution in [2.24, 2.45) is 5.92 Å². The smallest absolute Gasteiger partial charge is 0.256 e.